The van der Waals surface area contributed by atoms with Gasteiger partial charge in [-0.2, -0.15) is 4.31 Å². The molecule has 10 heteroatoms. The number of amides is 1. The van der Waals surface area contributed by atoms with Gasteiger partial charge in [-0.05, 0) is 73.6 Å². The van der Waals surface area contributed by atoms with Gasteiger partial charge in [-0.25, -0.2) is 13.4 Å². The molecule has 1 aliphatic carbocycles. The molecular weight excluding hydrogens is 506 g/mol. The summed E-state index contributed by atoms with van der Waals surface area (Å²) in [5, 5.41) is 12.3. The Balaban J connectivity index is 0.00000185. The Labute approximate surface area is 224 Å². The lowest BCUT2D eigenvalue weighted by Crippen LogP contribution is -2.39. The molecule has 1 amide bonds. The van der Waals surface area contributed by atoms with Crippen molar-refractivity contribution < 1.29 is 30.6 Å². The molecule has 1 saturated heterocycles. The molecule has 0 unspecified atom stereocenters. The number of carbonyl (C=O) groups is 1. The molecule has 6 rings (SSSR count). The fraction of sp³-hybridized carbons (Fsp3) is 0.357. The number of rotatable bonds is 7. The van der Waals surface area contributed by atoms with Crippen LogP contribution in [0, 0.1) is 5.92 Å². The first kappa shape index (κ1) is 24.8. The van der Waals surface area contributed by atoms with E-state index in [2.05, 4.69) is 10.3 Å². The zero-order chi connectivity index (χ0) is 26.3. The number of carbonyl (C=O) groups excluding carboxylic acids is 1. The van der Waals surface area contributed by atoms with Crippen molar-refractivity contribution in [1.82, 2.24) is 9.29 Å². The molecule has 2 fully saturated rings. The van der Waals surface area contributed by atoms with Gasteiger partial charge in [-0.15, -0.1) is 0 Å². The maximum Gasteiger partial charge on any atom is 0.243 e. The number of anilines is 1. The highest BCUT2D eigenvalue weighted by atomic mass is 32.2. The first-order valence-electron chi connectivity index (χ1n) is 12.8. The van der Waals surface area contributed by atoms with Crippen molar-refractivity contribution in [1.29, 1.82) is 0 Å². The van der Waals surface area contributed by atoms with Crippen LogP contribution < -0.4 is 14.8 Å². The molecule has 2 aromatic carbocycles. The molecule has 9 nitrogen and oxygen atoms in total. The Morgan fingerprint density at radius 1 is 1.05 bits per heavy atom. The van der Waals surface area contributed by atoms with Crippen LogP contribution in [0.25, 0.3) is 11.3 Å². The molecule has 0 bridgehead atoms. The summed E-state index contributed by atoms with van der Waals surface area (Å²) in [6.45, 7) is 1.10. The van der Waals surface area contributed by atoms with E-state index in [4.69, 9.17) is 9.47 Å². The van der Waals surface area contributed by atoms with Gasteiger partial charge in [0.1, 0.15) is 5.82 Å². The largest absolute Gasteiger partial charge is 0.454 e. The maximum absolute atomic E-state index is 13.3. The molecule has 3 aliphatic rings. The number of pyridine rings is 1. The van der Waals surface area contributed by atoms with Crippen molar-refractivity contribution >= 4 is 21.7 Å². The fourth-order valence-corrected chi connectivity index (χ4v) is 6.62. The first-order valence-corrected chi connectivity index (χ1v) is 14.2. The Kier molecular flexibility index (Phi) is 6.33. The van der Waals surface area contributed by atoms with Crippen LogP contribution in [-0.2, 0) is 20.2 Å². The molecule has 2 N–H and O–H groups in total. The Morgan fingerprint density at radius 2 is 1.79 bits per heavy atom. The van der Waals surface area contributed by atoms with Crippen LogP contribution in [0.3, 0.4) is 0 Å². The van der Waals surface area contributed by atoms with Gasteiger partial charge in [0.05, 0.1) is 16.0 Å². The lowest BCUT2D eigenvalue weighted by atomic mass is 9.94. The standard InChI is InChI=1S/C28H29N3O6S.2H2/c32-17-19-10-14-31(15-11-19)38(34,35)22-7-4-20(5-8-22)23-2-1-3-26(29-23)30-27(33)28(12-13-28)21-6-9-24-25(16-21)37-18-36-24;;/h1-9,16,19,32H,10-15,17-18H2,(H,29,30,33);2*1H. The molecular formula is C28H33N3O6S. The molecule has 2 aliphatic heterocycles. The van der Waals surface area contributed by atoms with Crippen molar-refractivity contribution in [3.63, 3.8) is 0 Å². The minimum Gasteiger partial charge on any atom is -0.454 e. The first-order chi connectivity index (χ1) is 18.4. The molecule has 0 spiro atoms. The third kappa shape index (κ3) is 4.53. The zero-order valence-corrected chi connectivity index (χ0v) is 21.6. The van der Waals surface area contributed by atoms with Crippen molar-refractivity contribution in [2.45, 2.75) is 36.0 Å². The van der Waals surface area contributed by atoms with Gasteiger partial charge in [0.2, 0.25) is 22.7 Å². The average molecular weight is 540 g/mol. The van der Waals surface area contributed by atoms with E-state index >= 15 is 0 Å². The number of aromatic nitrogens is 1. The van der Waals surface area contributed by atoms with Gasteiger partial charge in [-0.3, -0.25) is 4.79 Å². The number of nitrogens with zero attached hydrogens (tertiary/aromatic N) is 2. The van der Waals surface area contributed by atoms with E-state index in [1.165, 1.54) is 4.31 Å². The highest BCUT2D eigenvalue weighted by Gasteiger charge is 2.51. The van der Waals surface area contributed by atoms with E-state index in [0.29, 0.717) is 48.9 Å². The quantitative estimate of drug-likeness (QED) is 0.465. The number of ether oxygens (including phenoxy) is 2. The fourth-order valence-electron chi connectivity index (χ4n) is 5.15. The smallest absolute Gasteiger partial charge is 0.243 e. The zero-order valence-electron chi connectivity index (χ0n) is 20.8. The Morgan fingerprint density at radius 3 is 2.50 bits per heavy atom. The predicted octanol–water partition coefficient (Wildman–Crippen LogP) is 4.03. The average Bonchev–Trinajstić information content (AvgIpc) is 3.64. The summed E-state index contributed by atoms with van der Waals surface area (Å²) in [4.78, 5) is 18.1. The summed E-state index contributed by atoms with van der Waals surface area (Å²) in [5.41, 5.74) is 1.66. The topological polar surface area (TPSA) is 118 Å². The third-order valence-electron chi connectivity index (χ3n) is 7.72. The number of benzene rings is 2. The van der Waals surface area contributed by atoms with E-state index in [0.717, 1.165) is 24.0 Å². The number of sulfonamides is 1. The van der Waals surface area contributed by atoms with E-state index < -0.39 is 15.4 Å². The monoisotopic (exact) mass is 539 g/mol. The molecule has 1 saturated carbocycles. The van der Waals surface area contributed by atoms with E-state index in [9.17, 15) is 18.3 Å². The third-order valence-corrected chi connectivity index (χ3v) is 9.63. The second-order valence-corrected chi connectivity index (χ2v) is 12.0. The van der Waals surface area contributed by atoms with E-state index in [1.54, 1.807) is 30.3 Å². The predicted molar refractivity (Wildman–Crippen MR) is 145 cm³/mol. The van der Waals surface area contributed by atoms with Crippen LogP contribution in [-0.4, -0.2) is 55.2 Å². The Hall–Kier alpha value is -3.47. The van der Waals surface area contributed by atoms with Crippen molar-refractivity contribution in [3.8, 4) is 22.8 Å². The number of aliphatic hydroxyl groups excluding tert-OH is 1. The van der Waals surface area contributed by atoms with Gasteiger partial charge >= 0.3 is 0 Å². The molecule has 3 aromatic rings. The molecule has 0 atom stereocenters. The van der Waals surface area contributed by atoms with E-state index in [-0.39, 0.29) is 33.0 Å². The van der Waals surface area contributed by atoms with Crippen LogP contribution in [0.5, 0.6) is 11.5 Å². The van der Waals surface area contributed by atoms with Crippen molar-refractivity contribution in [2.75, 3.05) is 31.8 Å². The number of aliphatic hydroxyl groups is 1. The molecule has 38 heavy (non-hydrogen) atoms. The van der Waals surface area contributed by atoms with Gasteiger partial charge in [0, 0.05) is 28.1 Å². The summed E-state index contributed by atoms with van der Waals surface area (Å²) in [5.74, 6) is 1.82. The number of hydrogen-bond acceptors (Lipinski definition) is 7. The number of nitrogens with one attached hydrogen (secondary N) is 1. The molecule has 1 aromatic heterocycles. The summed E-state index contributed by atoms with van der Waals surface area (Å²) >= 11 is 0. The second kappa shape index (κ2) is 9.68. The van der Waals surface area contributed by atoms with Gasteiger partial charge in [-0.1, -0.05) is 24.3 Å². The molecule has 0 radical (unpaired) electrons. The molecule has 3 heterocycles. The summed E-state index contributed by atoms with van der Waals surface area (Å²) in [6, 6.07) is 17.7. The SMILES string of the molecule is O=C(Nc1cccc(-c2ccc(S(=O)(=O)N3CCC(CO)CC3)cc2)n1)C1(c2ccc3c(c2)OCO3)CC1.[HH].[HH]. The highest BCUT2D eigenvalue weighted by Crippen LogP contribution is 2.51. The summed E-state index contributed by atoms with van der Waals surface area (Å²) < 4.78 is 38.5. The van der Waals surface area contributed by atoms with Crippen LogP contribution in [0.15, 0.2) is 65.6 Å². The Bertz CT molecular complexity index is 1470. The normalized spacial score (nSPS) is 18.8. The van der Waals surface area contributed by atoms with Crippen LogP contribution in [0.1, 0.15) is 34.1 Å². The van der Waals surface area contributed by atoms with Gasteiger partial charge < -0.3 is 19.9 Å². The lowest BCUT2D eigenvalue weighted by Gasteiger charge is -2.30. The second-order valence-electron chi connectivity index (χ2n) is 10.1. The maximum atomic E-state index is 13.3. The summed E-state index contributed by atoms with van der Waals surface area (Å²) in [6.07, 6.45) is 2.80. The van der Waals surface area contributed by atoms with E-state index in [1.807, 2.05) is 30.3 Å². The molecule has 202 valence electrons. The van der Waals surface area contributed by atoms with Gasteiger partial charge in [0.25, 0.3) is 0 Å². The van der Waals surface area contributed by atoms with Crippen LogP contribution >= 0.6 is 0 Å². The van der Waals surface area contributed by atoms with Gasteiger partial charge in [0.15, 0.2) is 11.5 Å². The number of piperidine rings is 1. The van der Waals surface area contributed by atoms with Crippen LogP contribution in [0.2, 0.25) is 0 Å². The van der Waals surface area contributed by atoms with Crippen LogP contribution in [0.4, 0.5) is 5.82 Å². The minimum atomic E-state index is -3.60. The summed E-state index contributed by atoms with van der Waals surface area (Å²) in [7, 11) is -3.60. The minimum absolute atomic E-state index is 0. The van der Waals surface area contributed by atoms with Crippen molar-refractivity contribution in [3.05, 3.63) is 66.2 Å². The number of hydrogen-bond donors (Lipinski definition) is 2. The van der Waals surface area contributed by atoms with Crippen molar-refractivity contribution in [2.24, 2.45) is 5.92 Å². The highest BCUT2D eigenvalue weighted by molar-refractivity contribution is 7.89. The lowest BCUT2D eigenvalue weighted by molar-refractivity contribution is -0.118. The number of fused-ring (bicyclic) bond motifs is 1.